The third kappa shape index (κ3) is 3.21. The third-order valence-electron chi connectivity index (χ3n) is 4.58. The number of hydrogen-bond donors (Lipinski definition) is 3. The van der Waals surface area contributed by atoms with Crippen LogP contribution in [-0.4, -0.2) is 30.6 Å². The largest absolute Gasteiger partial charge is 0.416 e. The van der Waals surface area contributed by atoms with Crippen LogP contribution in [0, 0.1) is 6.92 Å². The fraction of sp³-hybridized carbons (Fsp3) is 0.176. The molecule has 4 N–H and O–H groups in total. The van der Waals surface area contributed by atoms with Crippen LogP contribution in [0.4, 0.5) is 32.3 Å². The molecule has 0 atom stereocenters. The lowest BCUT2D eigenvalue weighted by atomic mass is 9.90. The van der Waals surface area contributed by atoms with E-state index in [2.05, 4.69) is 30.6 Å². The number of anilines is 1. The molecule has 0 fully saturated rings. The van der Waals surface area contributed by atoms with Crippen molar-refractivity contribution in [3.63, 3.8) is 0 Å². The summed E-state index contributed by atoms with van der Waals surface area (Å²) in [6, 6.07) is 3.48. The first-order valence-corrected chi connectivity index (χ1v) is 8.28. The molecule has 0 saturated carbocycles. The molecule has 0 aliphatic heterocycles. The van der Waals surface area contributed by atoms with Gasteiger partial charge in [-0.05, 0) is 46.7 Å². The molecule has 0 radical (unpaired) electrons. The van der Waals surface area contributed by atoms with E-state index >= 15 is 0 Å². The first kappa shape index (κ1) is 19.7. The lowest BCUT2D eigenvalue weighted by molar-refractivity contribution is -0.138. The van der Waals surface area contributed by atoms with Crippen molar-refractivity contribution in [1.82, 2.24) is 30.6 Å². The smallest absolute Gasteiger partial charge is 0.369 e. The monoisotopic (exact) mass is 427 g/mol. The van der Waals surface area contributed by atoms with Crippen molar-refractivity contribution in [2.75, 3.05) is 5.73 Å². The molecule has 30 heavy (non-hydrogen) atoms. The van der Waals surface area contributed by atoms with Gasteiger partial charge in [-0.15, -0.1) is 5.10 Å². The molecule has 0 unspecified atom stereocenters. The number of H-pyrrole nitrogens is 2. The quantitative estimate of drug-likeness (QED) is 0.413. The van der Waals surface area contributed by atoms with E-state index in [9.17, 15) is 26.3 Å². The minimum absolute atomic E-state index is 0.0406. The minimum Gasteiger partial charge on any atom is -0.369 e. The van der Waals surface area contributed by atoms with E-state index in [-0.39, 0.29) is 45.1 Å². The Hall–Kier alpha value is -3.64. The van der Waals surface area contributed by atoms with Crippen LogP contribution in [0.1, 0.15) is 16.7 Å². The Morgan fingerprint density at radius 2 is 1.70 bits per heavy atom. The number of nitrogens with two attached hydrogens (primary N) is 1. The van der Waals surface area contributed by atoms with Gasteiger partial charge in [0.2, 0.25) is 0 Å². The van der Waals surface area contributed by atoms with E-state index in [1.54, 1.807) is 0 Å². The molecular formula is C17H11F6N7. The highest BCUT2D eigenvalue weighted by Gasteiger charge is 2.36. The van der Waals surface area contributed by atoms with Crippen LogP contribution in [0.2, 0.25) is 0 Å². The molecule has 7 nitrogen and oxygen atoms in total. The predicted octanol–water partition coefficient (Wildman–Crippen LogP) is 4.34. The first-order valence-electron chi connectivity index (χ1n) is 8.28. The van der Waals surface area contributed by atoms with Crippen LogP contribution >= 0.6 is 0 Å². The molecule has 2 aromatic carbocycles. The molecular weight excluding hydrogens is 416 g/mol. The highest BCUT2D eigenvalue weighted by Crippen LogP contribution is 2.43. The summed E-state index contributed by atoms with van der Waals surface area (Å²) in [5, 5.41) is 12.8. The van der Waals surface area contributed by atoms with E-state index in [1.807, 2.05) is 0 Å². The van der Waals surface area contributed by atoms with Crippen molar-refractivity contribution in [2.24, 2.45) is 0 Å². The molecule has 156 valence electrons. The maximum atomic E-state index is 13.4. The maximum absolute atomic E-state index is 13.4. The molecule has 13 heteroatoms. The normalized spacial score (nSPS) is 12.6. The Bertz CT molecular complexity index is 1240. The Balaban J connectivity index is 2.11. The first-order chi connectivity index (χ1) is 14.0. The van der Waals surface area contributed by atoms with Gasteiger partial charge in [0.1, 0.15) is 0 Å². The molecule has 4 rings (SSSR count). The lowest BCUT2D eigenvalue weighted by Gasteiger charge is -2.18. The van der Waals surface area contributed by atoms with Crippen LogP contribution in [0.5, 0.6) is 0 Å². The fourth-order valence-corrected chi connectivity index (χ4v) is 3.32. The summed E-state index contributed by atoms with van der Waals surface area (Å²) < 4.78 is 80.6. The standard InChI is InChI=1S/C17H11F6N7/c1-6-10(17(21,22)23)3-2-8(12(6)14-27-29-30-28-14)9-4-7(16(18,19)20)5-11-13(9)26-15(24)25-11/h2-5H,1H3,(H3,24,25,26)(H,27,28,29,30). The van der Waals surface area contributed by atoms with Crippen molar-refractivity contribution < 1.29 is 26.3 Å². The van der Waals surface area contributed by atoms with E-state index in [0.717, 1.165) is 24.3 Å². The zero-order valence-corrected chi connectivity index (χ0v) is 14.9. The molecule has 0 aliphatic carbocycles. The van der Waals surface area contributed by atoms with Crippen LogP contribution in [0.3, 0.4) is 0 Å². The van der Waals surface area contributed by atoms with Gasteiger partial charge >= 0.3 is 12.4 Å². The van der Waals surface area contributed by atoms with Crippen LogP contribution < -0.4 is 5.73 Å². The van der Waals surface area contributed by atoms with E-state index in [4.69, 9.17) is 5.73 Å². The number of benzene rings is 2. The summed E-state index contributed by atoms with van der Waals surface area (Å²) in [7, 11) is 0. The van der Waals surface area contributed by atoms with Crippen molar-refractivity contribution in [2.45, 2.75) is 19.3 Å². The number of halogens is 6. The average Bonchev–Trinajstić information content (AvgIpc) is 3.27. The van der Waals surface area contributed by atoms with Crippen LogP contribution in [-0.2, 0) is 12.4 Å². The number of fused-ring (bicyclic) bond motifs is 1. The average molecular weight is 427 g/mol. The van der Waals surface area contributed by atoms with E-state index in [0.29, 0.717) is 0 Å². The molecule has 2 aromatic heterocycles. The molecule has 2 heterocycles. The number of tetrazole rings is 1. The molecule has 0 aliphatic rings. The summed E-state index contributed by atoms with van der Waals surface area (Å²) in [6.45, 7) is 1.19. The molecule has 0 saturated heterocycles. The number of imidazole rings is 1. The summed E-state index contributed by atoms with van der Waals surface area (Å²) in [5.41, 5.74) is 3.30. The van der Waals surface area contributed by atoms with Gasteiger partial charge in [0, 0.05) is 11.1 Å². The zero-order chi connectivity index (χ0) is 21.8. The number of aromatic nitrogens is 6. The van der Waals surface area contributed by atoms with Crippen molar-refractivity contribution in [3.05, 3.63) is 41.0 Å². The minimum atomic E-state index is -4.72. The SMILES string of the molecule is Cc1c(C(F)(F)F)ccc(-c2cc(C(F)(F)F)cc3nc(N)[nH]c23)c1-c1nnn[nH]1. The third-order valence-corrected chi connectivity index (χ3v) is 4.58. The van der Waals surface area contributed by atoms with Gasteiger partial charge in [-0.1, -0.05) is 6.07 Å². The zero-order valence-electron chi connectivity index (χ0n) is 14.9. The number of rotatable bonds is 2. The van der Waals surface area contributed by atoms with Gasteiger partial charge in [0.25, 0.3) is 0 Å². The van der Waals surface area contributed by atoms with Gasteiger partial charge in [0.05, 0.1) is 22.2 Å². The number of hydrogen-bond acceptors (Lipinski definition) is 5. The lowest BCUT2D eigenvalue weighted by Crippen LogP contribution is -2.10. The van der Waals surface area contributed by atoms with Gasteiger partial charge in [-0.25, -0.2) is 10.1 Å². The van der Waals surface area contributed by atoms with E-state index in [1.165, 1.54) is 6.92 Å². The predicted molar refractivity (Wildman–Crippen MR) is 93.9 cm³/mol. The van der Waals surface area contributed by atoms with Gasteiger partial charge in [-0.2, -0.15) is 26.3 Å². The Kier molecular flexibility index (Phi) is 4.22. The second kappa shape index (κ2) is 6.43. The van der Waals surface area contributed by atoms with Crippen molar-refractivity contribution in [3.8, 4) is 22.5 Å². The topological polar surface area (TPSA) is 109 Å². The maximum Gasteiger partial charge on any atom is 0.416 e. The highest BCUT2D eigenvalue weighted by molar-refractivity contribution is 5.98. The summed E-state index contributed by atoms with van der Waals surface area (Å²) in [4.78, 5) is 6.50. The second-order valence-electron chi connectivity index (χ2n) is 6.45. The van der Waals surface area contributed by atoms with Gasteiger partial charge < -0.3 is 10.7 Å². The molecule has 0 spiro atoms. The summed E-state index contributed by atoms with van der Waals surface area (Å²) >= 11 is 0. The summed E-state index contributed by atoms with van der Waals surface area (Å²) in [6.07, 6.45) is -9.40. The number of alkyl halides is 6. The molecule has 0 amide bonds. The Labute approximate surface area is 163 Å². The van der Waals surface area contributed by atoms with E-state index < -0.39 is 23.5 Å². The Morgan fingerprint density at radius 1 is 0.967 bits per heavy atom. The number of aromatic amines is 2. The fourth-order valence-electron chi connectivity index (χ4n) is 3.32. The highest BCUT2D eigenvalue weighted by atomic mass is 19.4. The summed E-state index contributed by atoms with van der Waals surface area (Å²) in [5.74, 6) is -0.274. The molecule has 4 aromatic rings. The molecule has 0 bridgehead atoms. The van der Waals surface area contributed by atoms with Crippen LogP contribution in [0.25, 0.3) is 33.5 Å². The van der Waals surface area contributed by atoms with Crippen molar-refractivity contribution >= 4 is 17.0 Å². The van der Waals surface area contributed by atoms with Crippen molar-refractivity contribution in [1.29, 1.82) is 0 Å². The van der Waals surface area contributed by atoms with Gasteiger partial charge in [0.15, 0.2) is 11.8 Å². The number of nitrogens with zero attached hydrogens (tertiary/aromatic N) is 4. The van der Waals surface area contributed by atoms with Gasteiger partial charge in [-0.3, -0.25) is 0 Å². The number of nitrogen functional groups attached to an aromatic ring is 1. The van der Waals surface area contributed by atoms with Crippen LogP contribution in [0.15, 0.2) is 24.3 Å². The Morgan fingerprint density at radius 3 is 2.30 bits per heavy atom. The number of nitrogens with one attached hydrogen (secondary N) is 2. The second-order valence-corrected chi connectivity index (χ2v) is 6.45.